The van der Waals surface area contributed by atoms with E-state index in [2.05, 4.69) is 14.8 Å². The first kappa shape index (κ1) is 7.68. The van der Waals surface area contributed by atoms with Gasteiger partial charge < -0.3 is 4.84 Å². The SMILES string of the molecule is CC(=Nc1ccccn1)ON. The van der Waals surface area contributed by atoms with Gasteiger partial charge in [-0.3, -0.25) is 0 Å². The van der Waals surface area contributed by atoms with Gasteiger partial charge in [0.2, 0.25) is 5.90 Å². The Morgan fingerprint density at radius 3 is 3.00 bits per heavy atom. The van der Waals surface area contributed by atoms with Gasteiger partial charge in [-0.1, -0.05) is 6.07 Å². The molecule has 0 unspecified atom stereocenters. The lowest BCUT2D eigenvalue weighted by molar-refractivity contribution is 0.318. The highest BCUT2D eigenvalue weighted by Gasteiger charge is 1.89. The van der Waals surface area contributed by atoms with Crippen LogP contribution < -0.4 is 5.90 Å². The molecule has 0 spiro atoms. The molecular formula is C7H9N3O. The maximum absolute atomic E-state index is 4.86. The van der Waals surface area contributed by atoms with E-state index in [0.29, 0.717) is 11.7 Å². The van der Waals surface area contributed by atoms with Crippen LogP contribution >= 0.6 is 0 Å². The number of nitrogens with zero attached hydrogens (tertiary/aromatic N) is 2. The molecule has 0 amide bonds. The zero-order valence-corrected chi connectivity index (χ0v) is 6.19. The average Bonchev–Trinajstić information content (AvgIpc) is 2.06. The van der Waals surface area contributed by atoms with Crippen molar-refractivity contribution in [1.29, 1.82) is 0 Å². The van der Waals surface area contributed by atoms with Gasteiger partial charge in [-0.15, -0.1) is 0 Å². The normalized spacial score (nSPS) is 11.3. The minimum absolute atomic E-state index is 0.392. The van der Waals surface area contributed by atoms with E-state index in [4.69, 9.17) is 5.90 Å². The van der Waals surface area contributed by atoms with Gasteiger partial charge in [0.05, 0.1) is 0 Å². The lowest BCUT2D eigenvalue weighted by Gasteiger charge is -1.94. The smallest absolute Gasteiger partial charge is 0.212 e. The molecule has 1 rings (SSSR count). The minimum Gasteiger partial charge on any atom is -0.396 e. The van der Waals surface area contributed by atoms with Crippen LogP contribution in [0.25, 0.3) is 0 Å². The molecule has 58 valence electrons. The fourth-order valence-electron chi connectivity index (χ4n) is 0.608. The molecule has 0 saturated carbocycles. The number of hydrogen-bond donors (Lipinski definition) is 1. The van der Waals surface area contributed by atoms with Crippen molar-refractivity contribution in [1.82, 2.24) is 4.98 Å². The molecule has 0 bridgehead atoms. The quantitative estimate of drug-likeness (QED) is 0.370. The number of nitrogens with two attached hydrogens (primary N) is 1. The van der Waals surface area contributed by atoms with Gasteiger partial charge in [-0.2, -0.15) is 10.9 Å². The lowest BCUT2D eigenvalue weighted by atomic mass is 10.5. The van der Waals surface area contributed by atoms with Gasteiger partial charge in [0.25, 0.3) is 0 Å². The third kappa shape index (κ3) is 2.35. The molecule has 2 N–H and O–H groups in total. The molecule has 1 aromatic heterocycles. The van der Waals surface area contributed by atoms with E-state index in [0.717, 1.165) is 0 Å². The second kappa shape index (κ2) is 3.68. The predicted octanol–water partition coefficient (Wildman–Crippen LogP) is 1.02. The zero-order chi connectivity index (χ0) is 8.10. The summed E-state index contributed by atoms with van der Waals surface area (Å²) in [6, 6.07) is 5.43. The molecule has 0 aliphatic rings. The molecule has 4 heteroatoms. The second-order valence-electron chi connectivity index (χ2n) is 1.94. The molecule has 0 aromatic carbocycles. The standard InChI is InChI=1S/C7H9N3O/c1-6(11-8)10-7-4-2-3-5-9-7/h2-5H,8H2,1H3. The molecule has 11 heavy (non-hydrogen) atoms. The summed E-state index contributed by atoms with van der Waals surface area (Å²) in [5.74, 6) is 5.85. The number of rotatable bonds is 1. The minimum atomic E-state index is 0.392. The van der Waals surface area contributed by atoms with Crippen LogP contribution in [0.1, 0.15) is 6.92 Å². The number of aliphatic imine (C=N–C) groups is 1. The summed E-state index contributed by atoms with van der Waals surface area (Å²) in [5, 5.41) is 0. The molecule has 0 radical (unpaired) electrons. The molecule has 0 atom stereocenters. The largest absolute Gasteiger partial charge is 0.396 e. The van der Waals surface area contributed by atoms with Gasteiger partial charge in [0.1, 0.15) is 0 Å². The molecule has 1 aromatic rings. The van der Waals surface area contributed by atoms with Crippen LogP contribution in [0.15, 0.2) is 29.4 Å². The highest BCUT2D eigenvalue weighted by atomic mass is 16.6. The molecule has 0 fully saturated rings. The summed E-state index contributed by atoms with van der Waals surface area (Å²) in [7, 11) is 0. The van der Waals surface area contributed by atoms with Crippen molar-refractivity contribution in [2.75, 3.05) is 0 Å². The van der Waals surface area contributed by atoms with E-state index >= 15 is 0 Å². The Labute approximate surface area is 64.7 Å². The summed E-state index contributed by atoms with van der Waals surface area (Å²) in [6.07, 6.45) is 1.66. The van der Waals surface area contributed by atoms with E-state index in [1.54, 1.807) is 19.2 Å². The van der Waals surface area contributed by atoms with E-state index in [1.807, 2.05) is 12.1 Å². The second-order valence-corrected chi connectivity index (χ2v) is 1.94. The summed E-state index contributed by atoms with van der Waals surface area (Å²) >= 11 is 0. The Morgan fingerprint density at radius 2 is 2.45 bits per heavy atom. The van der Waals surface area contributed by atoms with Gasteiger partial charge in [0.15, 0.2) is 5.82 Å². The van der Waals surface area contributed by atoms with Gasteiger partial charge in [0, 0.05) is 13.1 Å². The number of pyridine rings is 1. The highest BCUT2D eigenvalue weighted by Crippen LogP contribution is 2.04. The van der Waals surface area contributed by atoms with Crippen LogP contribution in [0.3, 0.4) is 0 Å². The first-order valence-corrected chi connectivity index (χ1v) is 3.16. The molecule has 1 heterocycles. The highest BCUT2D eigenvalue weighted by molar-refractivity contribution is 5.75. The Morgan fingerprint density at radius 1 is 1.64 bits per heavy atom. The van der Waals surface area contributed by atoms with Crippen molar-refractivity contribution in [2.45, 2.75) is 6.92 Å². The van der Waals surface area contributed by atoms with Crippen LogP contribution in [0.5, 0.6) is 0 Å². The molecule has 4 nitrogen and oxygen atoms in total. The summed E-state index contributed by atoms with van der Waals surface area (Å²) in [6.45, 7) is 1.66. The molecule has 0 aliphatic heterocycles. The fourth-order valence-corrected chi connectivity index (χ4v) is 0.608. The first-order chi connectivity index (χ1) is 5.33. The summed E-state index contributed by atoms with van der Waals surface area (Å²) in [4.78, 5) is 12.2. The average molecular weight is 151 g/mol. The zero-order valence-electron chi connectivity index (χ0n) is 6.19. The first-order valence-electron chi connectivity index (χ1n) is 3.16. The van der Waals surface area contributed by atoms with E-state index < -0.39 is 0 Å². The third-order valence-electron chi connectivity index (χ3n) is 1.09. The maximum atomic E-state index is 4.86. The van der Waals surface area contributed by atoms with E-state index in [-0.39, 0.29) is 0 Å². The van der Waals surface area contributed by atoms with Crippen LogP contribution in [0.4, 0.5) is 5.82 Å². The fraction of sp³-hybridized carbons (Fsp3) is 0.143. The van der Waals surface area contributed by atoms with Gasteiger partial charge in [-0.25, -0.2) is 4.98 Å². The van der Waals surface area contributed by atoms with Crippen molar-refractivity contribution in [3.05, 3.63) is 24.4 Å². The molecule has 0 aliphatic carbocycles. The van der Waals surface area contributed by atoms with Crippen LogP contribution in [-0.2, 0) is 4.84 Å². The lowest BCUT2D eigenvalue weighted by Crippen LogP contribution is -2.04. The topological polar surface area (TPSA) is 60.5 Å². The van der Waals surface area contributed by atoms with Gasteiger partial charge in [-0.05, 0) is 12.1 Å². The predicted molar refractivity (Wildman–Crippen MR) is 42.3 cm³/mol. The Balaban J connectivity index is 2.79. The molecule has 0 saturated heterocycles. The van der Waals surface area contributed by atoms with Crippen molar-refractivity contribution in [3.63, 3.8) is 0 Å². The van der Waals surface area contributed by atoms with Crippen molar-refractivity contribution >= 4 is 11.7 Å². The Kier molecular flexibility index (Phi) is 2.57. The van der Waals surface area contributed by atoms with Crippen LogP contribution in [0, 0.1) is 0 Å². The van der Waals surface area contributed by atoms with Crippen LogP contribution in [0.2, 0.25) is 0 Å². The Hall–Kier alpha value is -1.42. The monoisotopic (exact) mass is 151 g/mol. The summed E-state index contributed by atoms with van der Waals surface area (Å²) < 4.78 is 0. The van der Waals surface area contributed by atoms with Gasteiger partial charge >= 0.3 is 0 Å². The van der Waals surface area contributed by atoms with Crippen LogP contribution in [-0.4, -0.2) is 10.9 Å². The number of hydrogen-bond acceptors (Lipinski definition) is 4. The number of aromatic nitrogens is 1. The Bertz CT molecular complexity index is 245. The summed E-state index contributed by atoms with van der Waals surface area (Å²) in [5.41, 5.74) is 0. The molecular weight excluding hydrogens is 142 g/mol. The van der Waals surface area contributed by atoms with E-state index in [1.165, 1.54) is 0 Å². The third-order valence-corrected chi connectivity index (χ3v) is 1.09. The van der Waals surface area contributed by atoms with Crippen molar-refractivity contribution < 1.29 is 4.84 Å². The van der Waals surface area contributed by atoms with Crippen molar-refractivity contribution in [2.24, 2.45) is 10.9 Å². The maximum Gasteiger partial charge on any atom is 0.212 e. The van der Waals surface area contributed by atoms with E-state index in [9.17, 15) is 0 Å². The van der Waals surface area contributed by atoms with Crippen molar-refractivity contribution in [3.8, 4) is 0 Å².